The van der Waals surface area contributed by atoms with Gasteiger partial charge in [-0.3, -0.25) is 19.8 Å². The lowest BCUT2D eigenvalue weighted by Crippen LogP contribution is -2.53. The zero-order valence-electron chi connectivity index (χ0n) is 17.2. The van der Waals surface area contributed by atoms with Crippen LogP contribution < -0.4 is 14.8 Å². The van der Waals surface area contributed by atoms with Crippen molar-refractivity contribution in [3.8, 4) is 11.5 Å². The number of halogens is 2. The van der Waals surface area contributed by atoms with E-state index in [1.54, 1.807) is 24.3 Å². The predicted molar refractivity (Wildman–Crippen MR) is 132 cm³/mol. The number of thiocarbonyl (C=S) groups is 1. The fraction of sp³-hybridized carbons (Fsp3) is 0.174. The molecule has 9 heteroatoms. The van der Waals surface area contributed by atoms with Crippen LogP contribution in [0, 0.1) is 9.39 Å². The summed E-state index contributed by atoms with van der Waals surface area (Å²) in [5.41, 5.74) is 1.21. The van der Waals surface area contributed by atoms with Gasteiger partial charge in [-0.2, -0.15) is 0 Å². The van der Waals surface area contributed by atoms with Gasteiger partial charge in [-0.15, -0.1) is 6.58 Å². The molecule has 0 aliphatic carbocycles. The van der Waals surface area contributed by atoms with E-state index in [4.69, 9.17) is 21.7 Å². The number of rotatable bonds is 8. The SMILES string of the molecule is C=CCN1C(=O)/C(=C/c2cc(I)c(OCc3cccc(F)c3)c(OCC)c2)C(=O)NC1=S. The summed E-state index contributed by atoms with van der Waals surface area (Å²) >= 11 is 7.16. The Bertz CT molecular complexity index is 1120. The summed E-state index contributed by atoms with van der Waals surface area (Å²) in [5, 5.41) is 2.56. The number of amides is 2. The van der Waals surface area contributed by atoms with Crippen LogP contribution in [0.2, 0.25) is 0 Å². The van der Waals surface area contributed by atoms with Gasteiger partial charge in [-0.05, 0) is 83.2 Å². The standard InChI is InChI=1S/C23H20FIN2O4S/c1-3-8-27-22(29)17(21(28)26-23(27)32)10-15-11-18(25)20(19(12-15)30-4-2)31-13-14-6-5-7-16(24)9-14/h3,5-7,9-12H,1,4,8,13H2,2H3,(H,26,28,32)/b17-10+. The Labute approximate surface area is 204 Å². The molecule has 0 unspecified atom stereocenters. The highest BCUT2D eigenvalue weighted by Crippen LogP contribution is 2.35. The summed E-state index contributed by atoms with van der Waals surface area (Å²) in [6.45, 7) is 6.17. The number of carbonyl (C=O) groups is 2. The van der Waals surface area contributed by atoms with Gasteiger partial charge in [0.2, 0.25) is 0 Å². The number of nitrogens with zero attached hydrogens (tertiary/aromatic N) is 1. The topological polar surface area (TPSA) is 67.9 Å². The van der Waals surface area contributed by atoms with Crippen LogP contribution in [-0.4, -0.2) is 35.0 Å². The Hall–Kier alpha value is -2.79. The molecule has 2 aromatic carbocycles. The van der Waals surface area contributed by atoms with E-state index in [0.29, 0.717) is 32.8 Å². The minimum absolute atomic E-state index is 0.0442. The molecule has 1 fully saturated rings. The average molecular weight is 566 g/mol. The number of carbonyl (C=O) groups excluding carboxylic acids is 2. The van der Waals surface area contributed by atoms with Crippen LogP contribution in [0.4, 0.5) is 4.39 Å². The lowest BCUT2D eigenvalue weighted by atomic mass is 10.1. The van der Waals surface area contributed by atoms with Crippen molar-refractivity contribution in [2.24, 2.45) is 0 Å². The van der Waals surface area contributed by atoms with Gasteiger partial charge in [0.15, 0.2) is 16.6 Å². The van der Waals surface area contributed by atoms with Gasteiger partial charge >= 0.3 is 0 Å². The van der Waals surface area contributed by atoms with Crippen molar-refractivity contribution in [3.63, 3.8) is 0 Å². The molecule has 1 aliphatic rings. The summed E-state index contributed by atoms with van der Waals surface area (Å²) in [7, 11) is 0. The summed E-state index contributed by atoms with van der Waals surface area (Å²) < 4.78 is 25.8. The molecular weight excluding hydrogens is 546 g/mol. The van der Waals surface area contributed by atoms with Crippen LogP contribution in [0.25, 0.3) is 6.08 Å². The number of ether oxygens (including phenoxy) is 2. The van der Waals surface area contributed by atoms with Crippen LogP contribution in [0.3, 0.4) is 0 Å². The molecule has 1 aliphatic heterocycles. The first-order valence-electron chi connectivity index (χ1n) is 9.67. The van der Waals surface area contributed by atoms with Crippen molar-refractivity contribution in [3.05, 3.63) is 75.1 Å². The van der Waals surface area contributed by atoms with Crippen LogP contribution in [0.5, 0.6) is 11.5 Å². The number of hydrogen-bond acceptors (Lipinski definition) is 5. The van der Waals surface area contributed by atoms with E-state index in [-0.39, 0.29) is 29.7 Å². The monoisotopic (exact) mass is 566 g/mol. The van der Waals surface area contributed by atoms with Crippen molar-refractivity contribution in [1.29, 1.82) is 0 Å². The maximum atomic E-state index is 13.4. The molecule has 1 saturated heterocycles. The van der Waals surface area contributed by atoms with Gasteiger partial charge in [-0.25, -0.2) is 4.39 Å². The van der Waals surface area contributed by atoms with Crippen molar-refractivity contribution >= 4 is 57.8 Å². The minimum Gasteiger partial charge on any atom is -0.490 e. The highest BCUT2D eigenvalue weighted by Gasteiger charge is 2.32. The molecule has 1 heterocycles. The molecule has 166 valence electrons. The van der Waals surface area contributed by atoms with E-state index in [0.717, 1.165) is 0 Å². The fourth-order valence-electron chi connectivity index (χ4n) is 3.01. The van der Waals surface area contributed by atoms with Gasteiger partial charge in [0.1, 0.15) is 18.0 Å². The Morgan fingerprint density at radius 3 is 2.72 bits per heavy atom. The lowest BCUT2D eigenvalue weighted by molar-refractivity contribution is -0.128. The van der Waals surface area contributed by atoms with Crippen molar-refractivity contribution in [1.82, 2.24) is 10.2 Å². The zero-order chi connectivity index (χ0) is 23.3. The summed E-state index contributed by atoms with van der Waals surface area (Å²) in [4.78, 5) is 26.4. The van der Waals surface area contributed by atoms with Crippen LogP contribution in [-0.2, 0) is 16.2 Å². The van der Waals surface area contributed by atoms with E-state index < -0.39 is 11.8 Å². The molecule has 6 nitrogen and oxygen atoms in total. The molecule has 32 heavy (non-hydrogen) atoms. The molecule has 2 amide bonds. The van der Waals surface area contributed by atoms with Gasteiger partial charge in [0.05, 0.1) is 10.2 Å². The van der Waals surface area contributed by atoms with Gasteiger partial charge in [-0.1, -0.05) is 18.2 Å². The Morgan fingerprint density at radius 1 is 1.25 bits per heavy atom. The Balaban J connectivity index is 1.92. The Kier molecular flexibility index (Phi) is 7.97. The third-order valence-electron chi connectivity index (χ3n) is 4.41. The first-order chi connectivity index (χ1) is 15.3. The van der Waals surface area contributed by atoms with Crippen LogP contribution in [0.15, 0.2) is 54.6 Å². The van der Waals surface area contributed by atoms with Crippen molar-refractivity contribution in [2.45, 2.75) is 13.5 Å². The second-order valence-corrected chi connectivity index (χ2v) is 8.25. The third kappa shape index (κ3) is 5.52. The lowest BCUT2D eigenvalue weighted by Gasteiger charge is -2.27. The largest absolute Gasteiger partial charge is 0.490 e. The first-order valence-corrected chi connectivity index (χ1v) is 11.2. The quantitative estimate of drug-likeness (QED) is 0.171. The maximum absolute atomic E-state index is 13.4. The highest BCUT2D eigenvalue weighted by atomic mass is 127. The highest BCUT2D eigenvalue weighted by molar-refractivity contribution is 14.1. The molecule has 0 saturated carbocycles. The average Bonchev–Trinajstić information content (AvgIpc) is 2.74. The van der Waals surface area contributed by atoms with E-state index >= 15 is 0 Å². The van der Waals surface area contributed by atoms with E-state index in [2.05, 4.69) is 34.5 Å². The number of hydrogen-bond donors (Lipinski definition) is 1. The van der Waals surface area contributed by atoms with E-state index in [1.807, 2.05) is 6.92 Å². The smallest absolute Gasteiger partial charge is 0.265 e. The molecule has 0 atom stereocenters. The molecule has 0 bridgehead atoms. The van der Waals surface area contributed by atoms with Crippen molar-refractivity contribution < 1.29 is 23.5 Å². The molecule has 3 rings (SSSR count). The second-order valence-electron chi connectivity index (χ2n) is 6.70. The first kappa shape index (κ1) is 23.9. The predicted octanol–water partition coefficient (Wildman–Crippen LogP) is 4.22. The second kappa shape index (κ2) is 10.7. The summed E-state index contributed by atoms with van der Waals surface area (Å²) in [6.07, 6.45) is 3.01. The van der Waals surface area contributed by atoms with E-state index in [9.17, 15) is 14.0 Å². The molecule has 1 N–H and O–H groups in total. The molecule has 2 aromatic rings. The molecule has 0 radical (unpaired) electrons. The van der Waals surface area contributed by atoms with Gasteiger partial charge in [0.25, 0.3) is 11.8 Å². The molecule has 0 aromatic heterocycles. The normalized spacial score (nSPS) is 15.0. The molecule has 0 spiro atoms. The van der Waals surface area contributed by atoms with Crippen LogP contribution >= 0.6 is 34.8 Å². The Morgan fingerprint density at radius 2 is 2.03 bits per heavy atom. The summed E-state index contributed by atoms with van der Waals surface area (Å²) in [5.74, 6) is -0.469. The van der Waals surface area contributed by atoms with Crippen LogP contribution in [0.1, 0.15) is 18.1 Å². The van der Waals surface area contributed by atoms with E-state index in [1.165, 1.54) is 29.2 Å². The van der Waals surface area contributed by atoms with Gasteiger partial charge < -0.3 is 9.47 Å². The number of benzene rings is 2. The molecular formula is C23H20FIN2O4S. The summed E-state index contributed by atoms with van der Waals surface area (Å²) in [6, 6.07) is 9.60. The maximum Gasteiger partial charge on any atom is 0.265 e. The third-order valence-corrected chi connectivity index (χ3v) is 5.54. The zero-order valence-corrected chi connectivity index (χ0v) is 20.2. The van der Waals surface area contributed by atoms with Gasteiger partial charge in [0, 0.05) is 6.54 Å². The van der Waals surface area contributed by atoms with Crippen molar-refractivity contribution in [2.75, 3.05) is 13.2 Å². The minimum atomic E-state index is -0.570. The fourth-order valence-corrected chi connectivity index (χ4v) is 4.04. The number of nitrogens with one attached hydrogen (secondary N) is 1.